The zero-order chi connectivity index (χ0) is 15.4. The Hall–Kier alpha value is -1.86. The summed E-state index contributed by atoms with van der Waals surface area (Å²) in [6, 6.07) is 5.42. The van der Waals surface area contributed by atoms with Gasteiger partial charge in [0.15, 0.2) is 5.82 Å². The van der Waals surface area contributed by atoms with E-state index in [1.165, 1.54) is 0 Å². The van der Waals surface area contributed by atoms with Gasteiger partial charge in [-0.3, -0.25) is 0 Å². The minimum atomic E-state index is 0.332. The third-order valence-electron chi connectivity index (χ3n) is 2.88. The van der Waals surface area contributed by atoms with E-state index in [1.54, 1.807) is 27.4 Å². The minimum absolute atomic E-state index is 0.332. The maximum atomic E-state index is 5.92. The van der Waals surface area contributed by atoms with Crippen molar-refractivity contribution < 1.29 is 14.2 Å². The molecule has 7 heteroatoms. The molecule has 0 saturated carbocycles. The maximum Gasteiger partial charge on any atom is 0.165 e. The highest BCUT2D eigenvalue weighted by molar-refractivity contribution is 9.10. The number of anilines is 1. The molecule has 2 rings (SSSR count). The van der Waals surface area contributed by atoms with E-state index in [2.05, 4.69) is 25.9 Å². The molecule has 0 aliphatic carbocycles. The van der Waals surface area contributed by atoms with E-state index < -0.39 is 0 Å². The van der Waals surface area contributed by atoms with Crippen LogP contribution in [0, 0.1) is 0 Å². The van der Waals surface area contributed by atoms with E-state index >= 15 is 0 Å². The van der Waals surface area contributed by atoms with Gasteiger partial charge in [0.2, 0.25) is 0 Å². The Kier molecular flexibility index (Phi) is 4.98. The molecule has 0 atom stereocenters. The third kappa shape index (κ3) is 3.25. The number of hydrogen-bond acceptors (Lipinski definition) is 6. The predicted molar refractivity (Wildman–Crippen MR) is 83.4 cm³/mol. The molecule has 2 aromatic rings. The Morgan fingerprint density at radius 2 is 1.90 bits per heavy atom. The first-order chi connectivity index (χ1) is 10.1. The van der Waals surface area contributed by atoms with Crippen LogP contribution in [-0.4, -0.2) is 31.3 Å². The zero-order valence-electron chi connectivity index (χ0n) is 12.0. The van der Waals surface area contributed by atoms with Gasteiger partial charge in [-0.15, -0.1) is 0 Å². The Morgan fingerprint density at radius 1 is 1.14 bits per heavy atom. The van der Waals surface area contributed by atoms with Gasteiger partial charge in [-0.05, 0) is 28.1 Å². The van der Waals surface area contributed by atoms with Crippen molar-refractivity contribution in [2.24, 2.45) is 0 Å². The summed E-state index contributed by atoms with van der Waals surface area (Å²) >= 11 is 3.37. The molecule has 0 aliphatic heterocycles. The second-order valence-corrected chi connectivity index (χ2v) is 4.99. The van der Waals surface area contributed by atoms with Crippen LogP contribution < -0.4 is 15.2 Å². The Labute approximate surface area is 131 Å². The lowest BCUT2D eigenvalue weighted by atomic mass is 10.1. The summed E-state index contributed by atoms with van der Waals surface area (Å²) < 4.78 is 16.3. The molecule has 6 nitrogen and oxygen atoms in total. The highest BCUT2D eigenvalue weighted by atomic mass is 79.9. The fourth-order valence-electron chi connectivity index (χ4n) is 1.85. The summed E-state index contributed by atoms with van der Waals surface area (Å²) in [6.07, 6.45) is 0. The molecule has 0 aliphatic rings. The van der Waals surface area contributed by atoms with Crippen LogP contribution in [0.5, 0.6) is 11.5 Å². The molecular formula is C14H16BrN3O3. The van der Waals surface area contributed by atoms with Gasteiger partial charge in [0, 0.05) is 13.2 Å². The molecule has 0 radical (unpaired) electrons. The normalized spacial score (nSPS) is 10.5. The topological polar surface area (TPSA) is 79.5 Å². The van der Waals surface area contributed by atoms with E-state index in [4.69, 9.17) is 19.9 Å². The number of nitrogen functional groups attached to an aromatic ring is 1. The van der Waals surface area contributed by atoms with Crippen LogP contribution in [-0.2, 0) is 11.3 Å². The average molecular weight is 354 g/mol. The summed E-state index contributed by atoms with van der Waals surface area (Å²) in [5, 5.41) is 0. The van der Waals surface area contributed by atoms with Crippen LogP contribution >= 0.6 is 15.9 Å². The molecule has 21 heavy (non-hydrogen) atoms. The van der Waals surface area contributed by atoms with Gasteiger partial charge in [-0.25, -0.2) is 9.97 Å². The Balaban J connectivity index is 2.56. The van der Waals surface area contributed by atoms with E-state index in [-0.39, 0.29) is 0 Å². The molecule has 0 bridgehead atoms. The number of hydrogen-bond donors (Lipinski definition) is 1. The number of methoxy groups -OCH3 is 3. The number of nitrogens with two attached hydrogens (primary N) is 1. The number of halogens is 1. The number of ether oxygens (including phenoxy) is 3. The van der Waals surface area contributed by atoms with Crippen molar-refractivity contribution in [2.45, 2.75) is 6.61 Å². The molecule has 1 aromatic carbocycles. The number of aromatic nitrogens is 2. The van der Waals surface area contributed by atoms with Crippen LogP contribution in [0.25, 0.3) is 11.4 Å². The maximum absolute atomic E-state index is 5.92. The van der Waals surface area contributed by atoms with Crippen LogP contribution in [0.2, 0.25) is 0 Å². The van der Waals surface area contributed by atoms with Crippen LogP contribution in [0.15, 0.2) is 22.7 Å². The van der Waals surface area contributed by atoms with Crippen molar-refractivity contribution >= 4 is 21.7 Å². The molecule has 112 valence electrons. The molecule has 0 spiro atoms. The monoisotopic (exact) mass is 353 g/mol. The molecular weight excluding hydrogens is 338 g/mol. The van der Waals surface area contributed by atoms with Crippen molar-refractivity contribution in [2.75, 3.05) is 27.1 Å². The summed E-state index contributed by atoms with van der Waals surface area (Å²) in [4.78, 5) is 8.77. The van der Waals surface area contributed by atoms with Crippen molar-refractivity contribution in [1.82, 2.24) is 9.97 Å². The second-order valence-electron chi connectivity index (χ2n) is 4.19. The van der Waals surface area contributed by atoms with E-state index in [9.17, 15) is 0 Å². The number of nitrogens with zero attached hydrogens (tertiary/aromatic N) is 2. The smallest absolute Gasteiger partial charge is 0.165 e. The van der Waals surface area contributed by atoms with Crippen molar-refractivity contribution in [3.05, 3.63) is 28.4 Å². The first kappa shape index (κ1) is 15.5. The molecule has 0 saturated heterocycles. The SMILES string of the molecule is COCc1nc(-c2ccc(OC)cc2OC)nc(N)c1Br. The highest BCUT2D eigenvalue weighted by Gasteiger charge is 2.15. The van der Waals surface area contributed by atoms with Crippen molar-refractivity contribution in [3.63, 3.8) is 0 Å². The van der Waals surface area contributed by atoms with Gasteiger partial charge >= 0.3 is 0 Å². The molecule has 1 heterocycles. The predicted octanol–water partition coefficient (Wildman–Crippen LogP) is 2.65. The van der Waals surface area contributed by atoms with Gasteiger partial charge in [0.05, 0.1) is 36.6 Å². The van der Waals surface area contributed by atoms with E-state index in [0.29, 0.717) is 39.9 Å². The molecule has 0 unspecified atom stereocenters. The summed E-state index contributed by atoms with van der Waals surface area (Å²) in [6.45, 7) is 0.332. The molecule has 0 fully saturated rings. The van der Waals surface area contributed by atoms with Gasteiger partial charge in [0.1, 0.15) is 17.3 Å². The summed E-state index contributed by atoms with van der Waals surface area (Å²) in [5.74, 6) is 2.13. The summed E-state index contributed by atoms with van der Waals surface area (Å²) in [7, 11) is 4.77. The second kappa shape index (κ2) is 6.73. The lowest BCUT2D eigenvalue weighted by Gasteiger charge is -2.12. The van der Waals surface area contributed by atoms with Gasteiger partial charge in [-0.1, -0.05) is 0 Å². The number of benzene rings is 1. The fraction of sp³-hybridized carbons (Fsp3) is 0.286. The average Bonchev–Trinajstić information content (AvgIpc) is 2.51. The molecule has 2 N–H and O–H groups in total. The quantitative estimate of drug-likeness (QED) is 0.889. The van der Waals surface area contributed by atoms with E-state index in [1.807, 2.05) is 12.1 Å². The van der Waals surface area contributed by atoms with Gasteiger partial charge in [0.25, 0.3) is 0 Å². The van der Waals surface area contributed by atoms with Crippen molar-refractivity contribution in [3.8, 4) is 22.9 Å². The fourth-order valence-corrected chi connectivity index (χ4v) is 2.14. The third-order valence-corrected chi connectivity index (χ3v) is 3.74. The molecule has 1 aromatic heterocycles. The highest BCUT2D eigenvalue weighted by Crippen LogP contribution is 2.33. The van der Waals surface area contributed by atoms with Crippen molar-refractivity contribution in [1.29, 1.82) is 0 Å². The van der Waals surface area contributed by atoms with Gasteiger partial charge < -0.3 is 19.9 Å². The largest absolute Gasteiger partial charge is 0.497 e. The molecule has 0 amide bonds. The minimum Gasteiger partial charge on any atom is -0.497 e. The standard InChI is InChI=1S/C14H16BrN3O3/c1-19-7-10-12(15)13(16)18-14(17-10)9-5-4-8(20-2)6-11(9)21-3/h4-6H,7H2,1-3H3,(H2,16,17,18). The lowest BCUT2D eigenvalue weighted by molar-refractivity contribution is 0.181. The van der Waals surface area contributed by atoms with Crippen LogP contribution in [0.1, 0.15) is 5.69 Å². The Morgan fingerprint density at radius 3 is 2.52 bits per heavy atom. The number of rotatable bonds is 5. The Bertz CT molecular complexity index is 650. The van der Waals surface area contributed by atoms with E-state index in [0.717, 1.165) is 5.56 Å². The summed E-state index contributed by atoms with van der Waals surface area (Å²) in [5.41, 5.74) is 7.33. The zero-order valence-corrected chi connectivity index (χ0v) is 13.6. The first-order valence-corrected chi connectivity index (χ1v) is 6.93. The van der Waals surface area contributed by atoms with Crippen LogP contribution in [0.4, 0.5) is 5.82 Å². The van der Waals surface area contributed by atoms with Crippen LogP contribution in [0.3, 0.4) is 0 Å². The lowest BCUT2D eigenvalue weighted by Crippen LogP contribution is -2.04. The first-order valence-electron chi connectivity index (χ1n) is 6.14. The van der Waals surface area contributed by atoms with Gasteiger partial charge in [-0.2, -0.15) is 0 Å².